The van der Waals surface area contributed by atoms with E-state index in [9.17, 15) is 8.42 Å². The predicted molar refractivity (Wildman–Crippen MR) is 75.0 cm³/mol. The summed E-state index contributed by atoms with van der Waals surface area (Å²) in [5.74, 6) is 2.02. The zero-order valence-electron chi connectivity index (χ0n) is 11.5. The van der Waals surface area contributed by atoms with E-state index in [4.69, 9.17) is 0 Å². The lowest BCUT2D eigenvalue weighted by Crippen LogP contribution is -2.30. The number of imidazole rings is 1. The molecule has 2 aliphatic heterocycles. The molecule has 1 saturated heterocycles. The maximum absolute atomic E-state index is 12.1. The molecule has 0 saturated carbocycles. The lowest BCUT2D eigenvalue weighted by atomic mass is 10.0. The summed E-state index contributed by atoms with van der Waals surface area (Å²) < 4.78 is 26.3. The van der Waals surface area contributed by atoms with Gasteiger partial charge in [-0.15, -0.1) is 0 Å². The number of fused-ring (bicyclic) bond motifs is 1. The van der Waals surface area contributed by atoms with E-state index in [-0.39, 0.29) is 5.25 Å². The minimum atomic E-state index is -2.89. The second-order valence-corrected chi connectivity index (χ2v) is 8.42. The highest BCUT2D eigenvalue weighted by atomic mass is 32.2. The number of aromatic nitrogens is 2. The molecule has 0 amide bonds. The molecule has 2 aliphatic rings. The highest BCUT2D eigenvalue weighted by molar-refractivity contribution is 7.92. The Bertz CT molecular complexity index is 562. The number of hydrogen-bond donors (Lipinski definition) is 0. The van der Waals surface area contributed by atoms with E-state index in [2.05, 4.69) is 22.7 Å². The normalized spacial score (nSPS) is 29.9. The highest BCUT2D eigenvalue weighted by Crippen LogP contribution is 2.28. The predicted octanol–water partition coefficient (Wildman–Crippen LogP) is 2.29. The topological polar surface area (TPSA) is 52.0 Å². The van der Waals surface area contributed by atoms with Crippen molar-refractivity contribution in [2.45, 2.75) is 63.2 Å². The lowest BCUT2D eigenvalue weighted by molar-refractivity contribution is 0.463. The van der Waals surface area contributed by atoms with E-state index in [1.54, 1.807) is 0 Å². The second kappa shape index (κ2) is 4.93. The van der Waals surface area contributed by atoms with Gasteiger partial charge in [0.05, 0.1) is 16.7 Å². The molecule has 2 atom stereocenters. The van der Waals surface area contributed by atoms with Crippen molar-refractivity contribution in [3.63, 3.8) is 0 Å². The van der Waals surface area contributed by atoms with Crippen LogP contribution < -0.4 is 0 Å². The molecule has 3 heterocycles. The molecular formula is C14H22N2O2S. The SMILES string of the molecule is CC1CCCn2cc(CC3CCCCS3(=O)=O)nc21. The Labute approximate surface area is 115 Å². The molecule has 106 valence electrons. The summed E-state index contributed by atoms with van der Waals surface area (Å²) in [6.07, 6.45) is 7.75. The van der Waals surface area contributed by atoms with Crippen LogP contribution in [-0.2, 0) is 22.8 Å². The molecule has 1 aromatic heterocycles. The van der Waals surface area contributed by atoms with Gasteiger partial charge < -0.3 is 4.57 Å². The zero-order chi connectivity index (χ0) is 13.5. The van der Waals surface area contributed by atoms with Crippen molar-refractivity contribution in [3.8, 4) is 0 Å². The van der Waals surface area contributed by atoms with E-state index in [1.165, 1.54) is 12.8 Å². The van der Waals surface area contributed by atoms with Crippen LogP contribution in [0.4, 0.5) is 0 Å². The molecule has 0 spiro atoms. The number of hydrogen-bond acceptors (Lipinski definition) is 3. The Hall–Kier alpha value is -0.840. The van der Waals surface area contributed by atoms with E-state index in [0.29, 0.717) is 18.1 Å². The summed E-state index contributed by atoms with van der Waals surface area (Å²) in [4.78, 5) is 4.69. The monoisotopic (exact) mass is 282 g/mol. The van der Waals surface area contributed by atoms with Crippen LogP contribution in [0.15, 0.2) is 6.20 Å². The summed E-state index contributed by atoms with van der Waals surface area (Å²) >= 11 is 0. The van der Waals surface area contributed by atoms with Gasteiger partial charge in [-0.1, -0.05) is 13.3 Å². The number of aryl methyl sites for hydroxylation is 1. The lowest BCUT2D eigenvalue weighted by Gasteiger charge is -2.21. The fraction of sp³-hybridized carbons (Fsp3) is 0.786. The maximum Gasteiger partial charge on any atom is 0.153 e. The Balaban J connectivity index is 1.80. The molecule has 1 fully saturated rings. The first-order valence-electron chi connectivity index (χ1n) is 7.34. The fourth-order valence-electron chi connectivity index (χ4n) is 3.34. The van der Waals surface area contributed by atoms with Crippen molar-refractivity contribution in [2.75, 3.05) is 5.75 Å². The average molecular weight is 282 g/mol. The van der Waals surface area contributed by atoms with Gasteiger partial charge in [-0.25, -0.2) is 13.4 Å². The summed E-state index contributed by atoms with van der Waals surface area (Å²) in [5.41, 5.74) is 0.972. The number of sulfone groups is 1. The van der Waals surface area contributed by atoms with Gasteiger partial charge in [0.25, 0.3) is 0 Å². The van der Waals surface area contributed by atoms with Gasteiger partial charge in [0.2, 0.25) is 0 Å². The van der Waals surface area contributed by atoms with E-state index in [0.717, 1.165) is 37.3 Å². The van der Waals surface area contributed by atoms with Crippen LogP contribution in [0.5, 0.6) is 0 Å². The third-order valence-electron chi connectivity index (χ3n) is 4.48. The van der Waals surface area contributed by atoms with Crippen molar-refractivity contribution in [1.29, 1.82) is 0 Å². The molecule has 1 aromatic rings. The Morgan fingerprint density at radius 1 is 1.32 bits per heavy atom. The summed E-state index contributed by atoms with van der Waals surface area (Å²) in [7, 11) is -2.89. The van der Waals surface area contributed by atoms with Crippen molar-refractivity contribution < 1.29 is 8.42 Å². The molecule has 2 unspecified atom stereocenters. The number of nitrogens with zero attached hydrogens (tertiary/aromatic N) is 2. The van der Waals surface area contributed by atoms with Gasteiger partial charge in [-0.3, -0.25) is 0 Å². The largest absolute Gasteiger partial charge is 0.334 e. The summed E-state index contributed by atoms with van der Waals surface area (Å²) in [6, 6.07) is 0. The molecule has 19 heavy (non-hydrogen) atoms. The van der Waals surface area contributed by atoms with Crippen LogP contribution in [-0.4, -0.2) is 29.0 Å². The van der Waals surface area contributed by atoms with Gasteiger partial charge in [0.15, 0.2) is 9.84 Å². The van der Waals surface area contributed by atoms with E-state index in [1.807, 2.05) is 0 Å². The fourth-order valence-corrected chi connectivity index (χ4v) is 5.23. The van der Waals surface area contributed by atoms with Gasteiger partial charge in [-0.05, 0) is 25.7 Å². The molecule has 0 aromatic carbocycles. The zero-order valence-corrected chi connectivity index (χ0v) is 12.3. The smallest absolute Gasteiger partial charge is 0.153 e. The molecule has 5 heteroatoms. The van der Waals surface area contributed by atoms with Crippen LogP contribution in [0.2, 0.25) is 0 Å². The number of rotatable bonds is 2. The minimum Gasteiger partial charge on any atom is -0.334 e. The third-order valence-corrected chi connectivity index (χ3v) is 6.76. The van der Waals surface area contributed by atoms with Crippen molar-refractivity contribution >= 4 is 9.84 Å². The first-order chi connectivity index (χ1) is 9.06. The van der Waals surface area contributed by atoms with Gasteiger partial charge >= 0.3 is 0 Å². The molecule has 0 radical (unpaired) electrons. The average Bonchev–Trinajstić information content (AvgIpc) is 2.76. The molecule has 4 nitrogen and oxygen atoms in total. The van der Waals surface area contributed by atoms with Gasteiger partial charge in [0, 0.05) is 25.1 Å². The minimum absolute atomic E-state index is 0.200. The Morgan fingerprint density at radius 2 is 2.16 bits per heavy atom. The molecule has 3 rings (SSSR count). The standard InChI is InChI=1S/C14H22N2O2S/c1-11-5-4-7-16-10-12(15-14(11)16)9-13-6-2-3-8-19(13,17)18/h10-11,13H,2-9H2,1H3. The van der Waals surface area contributed by atoms with Crippen LogP contribution in [0.3, 0.4) is 0 Å². The Kier molecular flexibility index (Phi) is 3.41. The third kappa shape index (κ3) is 2.57. The summed E-state index contributed by atoms with van der Waals surface area (Å²) in [6.45, 7) is 3.24. The van der Waals surface area contributed by atoms with Gasteiger partial charge in [-0.2, -0.15) is 0 Å². The van der Waals surface area contributed by atoms with Crippen LogP contribution in [0, 0.1) is 0 Å². The molecule has 0 N–H and O–H groups in total. The van der Waals surface area contributed by atoms with Crippen LogP contribution >= 0.6 is 0 Å². The van der Waals surface area contributed by atoms with Crippen LogP contribution in [0.1, 0.15) is 56.5 Å². The van der Waals surface area contributed by atoms with Crippen LogP contribution in [0.25, 0.3) is 0 Å². The first kappa shape index (κ1) is 13.2. The van der Waals surface area contributed by atoms with E-state index < -0.39 is 9.84 Å². The van der Waals surface area contributed by atoms with Gasteiger partial charge in [0.1, 0.15) is 5.82 Å². The molecule has 0 aliphatic carbocycles. The van der Waals surface area contributed by atoms with E-state index >= 15 is 0 Å². The second-order valence-electron chi connectivity index (χ2n) is 6.02. The summed E-state index contributed by atoms with van der Waals surface area (Å²) in [5, 5.41) is -0.200. The van der Waals surface area contributed by atoms with Crippen molar-refractivity contribution in [1.82, 2.24) is 9.55 Å². The molecule has 0 bridgehead atoms. The quantitative estimate of drug-likeness (QED) is 0.836. The van der Waals surface area contributed by atoms with Crippen molar-refractivity contribution in [3.05, 3.63) is 17.7 Å². The maximum atomic E-state index is 12.1. The first-order valence-corrected chi connectivity index (χ1v) is 9.05. The molecular weight excluding hydrogens is 260 g/mol. The Morgan fingerprint density at radius 3 is 2.89 bits per heavy atom. The van der Waals surface area contributed by atoms with Crippen molar-refractivity contribution in [2.24, 2.45) is 0 Å². The highest BCUT2D eigenvalue weighted by Gasteiger charge is 2.30.